The van der Waals surface area contributed by atoms with Gasteiger partial charge in [0.2, 0.25) is 0 Å². The lowest BCUT2D eigenvalue weighted by atomic mass is 10.1. The lowest BCUT2D eigenvalue weighted by molar-refractivity contribution is -0.384. The summed E-state index contributed by atoms with van der Waals surface area (Å²) in [5.74, 6) is -0.409. The van der Waals surface area contributed by atoms with Crippen LogP contribution in [0, 0.1) is 28.4 Å². The third-order valence-corrected chi connectivity index (χ3v) is 3.93. The van der Waals surface area contributed by atoms with Crippen LogP contribution in [0.4, 0.5) is 5.69 Å². The van der Waals surface area contributed by atoms with Crippen molar-refractivity contribution in [2.75, 3.05) is 0 Å². The monoisotopic (exact) mass is 362 g/mol. The van der Waals surface area contributed by atoms with Gasteiger partial charge in [-0.25, -0.2) is 4.68 Å². The Morgan fingerprint density at radius 2 is 2.04 bits per heavy atom. The summed E-state index contributed by atoms with van der Waals surface area (Å²) in [6.07, 6.45) is 0. The predicted molar refractivity (Wildman–Crippen MR) is 95.1 cm³/mol. The van der Waals surface area contributed by atoms with Gasteiger partial charge in [-0.2, -0.15) is 5.26 Å². The lowest BCUT2D eigenvalue weighted by Gasteiger charge is -2.05. The average Bonchev–Trinajstić information content (AvgIpc) is 3.08. The molecule has 0 fully saturated rings. The van der Waals surface area contributed by atoms with Crippen molar-refractivity contribution >= 4 is 11.6 Å². The van der Waals surface area contributed by atoms with Crippen molar-refractivity contribution in [1.29, 1.82) is 5.26 Å². The number of non-ortho nitro benzene ring substituents is 1. The van der Waals surface area contributed by atoms with Gasteiger partial charge in [-0.1, -0.05) is 23.4 Å². The molecule has 0 saturated carbocycles. The average molecular weight is 362 g/mol. The molecule has 0 spiro atoms. The summed E-state index contributed by atoms with van der Waals surface area (Å²) in [6.45, 7) is 1.93. The standard InChI is InChI=1S/C18H14N6O3/c1-12-17(18(25)20-11-14-7-5-13(10-19)6-8-14)21-22-23(12)15-3-2-4-16(9-15)24(26)27/h2-9H,11H2,1H3,(H,20,25). The Bertz CT molecular complexity index is 1050. The predicted octanol–water partition coefficient (Wildman–Crippen LogP) is 2.29. The number of nitriles is 1. The summed E-state index contributed by atoms with van der Waals surface area (Å²) in [4.78, 5) is 22.8. The van der Waals surface area contributed by atoms with E-state index in [1.165, 1.54) is 16.8 Å². The molecule has 9 heteroatoms. The van der Waals surface area contributed by atoms with Gasteiger partial charge in [0.1, 0.15) is 0 Å². The van der Waals surface area contributed by atoms with Crippen LogP contribution in [0.2, 0.25) is 0 Å². The van der Waals surface area contributed by atoms with Gasteiger partial charge < -0.3 is 5.32 Å². The molecule has 1 amide bonds. The minimum atomic E-state index is -0.499. The molecule has 0 unspecified atom stereocenters. The summed E-state index contributed by atoms with van der Waals surface area (Å²) < 4.78 is 1.38. The molecule has 0 aliphatic carbocycles. The van der Waals surface area contributed by atoms with Crippen molar-refractivity contribution in [1.82, 2.24) is 20.3 Å². The quantitative estimate of drug-likeness (QED) is 0.548. The largest absolute Gasteiger partial charge is 0.347 e. The van der Waals surface area contributed by atoms with Crippen molar-refractivity contribution in [3.8, 4) is 11.8 Å². The Labute approximate surface area is 154 Å². The molecule has 0 aliphatic heterocycles. The highest BCUT2D eigenvalue weighted by atomic mass is 16.6. The number of hydrogen-bond donors (Lipinski definition) is 1. The minimum Gasteiger partial charge on any atom is -0.347 e. The van der Waals surface area contributed by atoms with Crippen molar-refractivity contribution in [2.45, 2.75) is 13.5 Å². The normalized spacial score (nSPS) is 10.2. The molecule has 0 saturated heterocycles. The van der Waals surface area contributed by atoms with Crippen LogP contribution in [-0.4, -0.2) is 25.8 Å². The van der Waals surface area contributed by atoms with Crippen LogP contribution < -0.4 is 5.32 Å². The van der Waals surface area contributed by atoms with Crippen LogP contribution in [0.3, 0.4) is 0 Å². The molecule has 3 rings (SSSR count). The number of carbonyl (C=O) groups excluding carboxylic acids is 1. The van der Waals surface area contributed by atoms with Gasteiger partial charge in [0, 0.05) is 18.7 Å². The molecule has 0 aliphatic rings. The van der Waals surface area contributed by atoms with Crippen LogP contribution in [0.15, 0.2) is 48.5 Å². The highest BCUT2D eigenvalue weighted by molar-refractivity contribution is 5.93. The van der Waals surface area contributed by atoms with Crippen LogP contribution in [0.5, 0.6) is 0 Å². The summed E-state index contributed by atoms with van der Waals surface area (Å²) in [6, 6.07) is 14.8. The zero-order valence-corrected chi connectivity index (χ0v) is 14.3. The lowest BCUT2D eigenvalue weighted by Crippen LogP contribution is -2.24. The summed E-state index contributed by atoms with van der Waals surface area (Å²) in [5, 5.41) is 30.3. The number of nitro groups is 1. The zero-order valence-electron chi connectivity index (χ0n) is 14.3. The van der Waals surface area contributed by atoms with Crippen molar-refractivity contribution in [3.63, 3.8) is 0 Å². The molecule has 9 nitrogen and oxygen atoms in total. The molecule has 134 valence electrons. The topological polar surface area (TPSA) is 127 Å². The van der Waals surface area contributed by atoms with Crippen LogP contribution in [0.1, 0.15) is 27.3 Å². The highest BCUT2D eigenvalue weighted by Crippen LogP contribution is 2.18. The number of hydrogen-bond acceptors (Lipinski definition) is 6. The molecule has 0 atom stereocenters. The maximum absolute atomic E-state index is 12.4. The van der Waals surface area contributed by atoms with Crippen molar-refractivity contribution < 1.29 is 9.72 Å². The maximum Gasteiger partial charge on any atom is 0.274 e. The number of aromatic nitrogens is 3. The van der Waals surface area contributed by atoms with E-state index in [-0.39, 0.29) is 17.9 Å². The van der Waals surface area contributed by atoms with Gasteiger partial charge in [0.25, 0.3) is 11.6 Å². The van der Waals surface area contributed by atoms with E-state index in [1.54, 1.807) is 43.3 Å². The Hall–Kier alpha value is -4.06. The van der Waals surface area contributed by atoms with Crippen molar-refractivity contribution in [3.05, 3.63) is 81.2 Å². The van der Waals surface area contributed by atoms with Crippen LogP contribution in [0.25, 0.3) is 5.69 Å². The smallest absolute Gasteiger partial charge is 0.274 e. The summed E-state index contributed by atoms with van der Waals surface area (Å²) in [5.41, 5.74) is 2.35. The van der Waals surface area contributed by atoms with E-state index >= 15 is 0 Å². The molecule has 3 aromatic rings. The molecule has 2 aromatic carbocycles. The summed E-state index contributed by atoms with van der Waals surface area (Å²) >= 11 is 0. The molecule has 1 aromatic heterocycles. The number of nitrogens with one attached hydrogen (secondary N) is 1. The minimum absolute atomic E-state index is 0.0748. The second kappa shape index (κ2) is 7.45. The third kappa shape index (κ3) is 3.80. The van der Waals surface area contributed by atoms with Gasteiger partial charge >= 0.3 is 0 Å². The molecule has 0 bridgehead atoms. The SMILES string of the molecule is Cc1c(C(=O)NCc2ccc(C#N)cc2)nnn1-c1cccc([N+](=O)[O-])c1. The van der Waals surface area contributed by atoms with E-state index in [4.69, 9.17) is 5.26 Å². The molecule has 1 N–H and O–H groups in total. The Kier molecular flexibility index (Phi) is 4.90. The van der Waals surface area contributed by atoms with Gasteiger partial charge in [0.15, 0.2) is 5.69 Å². The number of carbonyl (C=O) groups is 1. The fourth-order valence-electron chi connectivity index (χ4n) is 2.49. The first-order valence-electron chi connectivity index (χ1n) is 7.94. The van der Waals surface area contributed by atoms with Gasteiger partial charge in [-0.15, -0.1) is 5.10 Å². The van der Waals surface area contributed by atoms with E-state index in [1.807, 2.05) is 6.07 Å². The van der Waals surface area contributed by atoms with E-state index in [0.717, 1.165) is 5.56 Å². The van der Waals surface area contributed by atoms with E-state index in [9.17, 15) is 14.9 Å². The van der Waals surface area contributed by atoms with Gasteiger partial charge in [-0.3, -0.25) is 14.9 Å². The number of rotatable bonds is 5. The molecule has 27 heavy (non-hydrogen) atoms. The fraction of sp³-hybridized carbons (Fsp3) is 0.111. The highest BCUT2D eigenvalue weighted by Gasteiger charge is 2.18. The first-order chi connectivity index (χ1) is 13.0. The van der Waals surface area contributed by atoms with Crippen LogP contribution in [-0.2, 0) is 6.54 Å². The first-order valence-corrected chi connectivity index (χ1v) is 7.94. The summed E-state index contributed by atoms with van der Waals surface area (Å²) in [7, 11) is 0. The molecular weight excluding hydrogens is 348 g/mol. The van der Waals surface area contributed by atoms with Gasteiger partial charge in [-0.05, 0) is 30.7 Å². The molecule has 0 radical (unpaired) electrons. The number of benzene rings is 2. The maximum atomic E-state index is 12.4. The first kappa shape index (κ1) is 17.8. The molecular formula is C18H14N6O3. The third-order valence-electron chi connectivity index (χ3n) is 3.93. The van der Waals surface area contributed by atoms with Gasteiger partial charge in [0.05, 0.1) is 27.9 Å². The zero-order chi connectivity index (χ0) is 19.4. The Morgan fingerprint density at radius 1 is 1.30 bits per heavy atom. The second-order valence-electron chi connectivity index (χ2n) is 5.70. The van der Waals surface area contributed by atoms with Crippen LogP contribution >= 0.6 is 0 Å². The number of nitrogens with zero attached hydrogens (tertiary/aromatic N) is 5. The van der Waals surface area contributed by atoms with Crippen molar-refractivity contribution in [2.24, 2.45) is 0 Å². The Morgan fingerprint density at radius 3 is 2.70 bits per heavy atom. The second-order valence-corrected chi connectivity index (χ2v) is 5.70. The van der Waals surface area contributed by atoms with E-state index < -0.39 is 10.8 Å². The number of amides is 1. The molecule has 1 heterocycles. The Balaban J connectivity index is 1.76. The number of nitro benzene ring substituents is 1. The van der Waals surface area contributed by atoms with E-state index in [0.29, 0.717) is 16.9 Å². The fourth-order valence-corrected chi connectivity index (χ4v) is 2.49. The van der Waals surface area contributed by atoms with E-state index in [2.05, 4.69) is 15.6 Å².